The Kier molecular flexibility index (Phi) is 37.2. The quantitative estimate of drug-likeness (QED) is 0.0107. The van der Waals surface area contributed by atoms with Gasteiger partial charge < -0.3 is 69.7 Å². The third kappa shape index (κ3) is 27.0. The van der Waals surface area contributed by atoms with Gasteiger partial charge in [0, 0.05) is 78.8 Å². The van der Waals surface area contributed by atoms with Crippen molar-refractivity contribution in [3.8, 4) is 0 Å². The van der Waals surface area contributed by atoms with Crippen LogP contribution in [0.4, 0.5) is 0 Å². The van der Waals surface area contributed by atoms with Crippen LogP contribution in [0.2, 0.25) is 0 Å². The summed E-state index contributed by atoms with van der Waals surface area (Å²) < 4.78 is 68.0. The molecule has 0 radical (unpaired) electrons. The number of aryl methyl sites for hydroxylation is 2. The van der Waals surface area contributed by atoms with Gasteiger partial charge in [-0.25, -0.2) is 17.6 Å². The number of rotatable bonds is 48. The van der Waals surface area contributed by atoms with E-state index in [0.29, 0.717) is 38.8 Å². The van der Waals surface area contributed by atoms with E-state index in [1.165, 1.54) is 13.8 Å². The van der Waals surface area contributed by atoms with E-state index in [0.717, 1.165) is 16.8 Å². The highest BCUT2D eigenvalue weighted by Crippen LogP contribution is 2.49. The maximum absolute atomic E-state index is 15.0. The minimum absolute atomic E-state index is 0.000985. The first-order valence-electron chi connectivity index (χ1n) is 34.3. The minimum Gasteiger partial charge on any atom is -0.466 e. The molecule has 0 saturated heterocycles. The van der Waals surface area contributed by atoms with E-state index >= 15 is 0 Å². The summed E-state index contributed by atoms with van der Waals surface area (Å²) in [7, 11) is 0. The Morgan fingerprint density at radius 1 is 0.505 bits per heavy atom. The number of carbonyl (C=O) groups is 8. The number of aromatic nitrogens is 2. The summed E-state index contributed by atoms with van der Waals surface area (Å²) in [4.78, 5) is 116. The van der Waals surface area contributed by atoms with Crippen molar-refractivity contribution in [2.75, 3.05) is 64.9 Å². The van der Waals surface area contributed by atoms with Gasteiger partial charge in [0.1, 0.15) is 26.6 Å². The molecule has 0 aliphatic rings. The summed E-state index contributed by atoms with van der Waals surface area (Å²) in [5.74, 6) is -12.1. The fourth-order valence-electron chi connectivity index (χ4n) is 14.1. The topological polar surface area (TPSA) is 385 Å². The lowest BCUT2D eigenvalue weighted by Gasteiger charge is -2.40. The van der Waals surface area contributed by atoms with E-state index in [9.17, 15) is 76.3 Å². The smallest absolute Gasteiger partial charge is 0.313 e. The number of esters is 4. The Hall–Kier alpha value is -6.66. The summed E-state index contributed by atoms with van der Waals surface area (Å²) in [6.07, 6.45) is 4.82. The van der Waals surface area contributed by atoms with Gasteiger partial charge >= 0.3 is 23.9 Å². The van der Waals surface area contributed by atoms with E-state index in [1.807, 2.05) is 83.8 Å². The molecule has 556 valence electrons. The lowest BCUT2D eigenvalue weighted by Crippen LogP contribution is -2.48. The van der Waals surface area contributed by atoms with Crippen LogP contribution in [0.15, 0.2) is 79.3 Å². The van der Waals surface area contributed by atoms with Crippen molar-refractivity contribution in [3.63, 3.8) is 0 Å². The Bertz CT molecular complexity index is 3110. The molecule has 0 spiro atoms. The monoisotopic (exact) mass is 1430 g/mol. The third-order valence-corrected chi connectivity index (χ3v) is 20.4. The number of nitrogens with one attached hydrogen (secondary N) is 4. The fourth-order valence-corrected chi connectivity index (χ4v) is 14.8. The number of hydrogen-bond donors (Lipinski definition) is 10. The number of pyridine rings is 2. The number of aliphatic hydroxyl groups is 4. The van der Waals surface area contributed by atoms with Crippen LogP contribution in [0.5, 0.6) is 0 Å². The van der Waals surface area contributed by atoms with Gasteiger partial charge in [-0.15, -0.1) is 0 Å². The molecule has 0 saturated carbocycles. The molecule has 0 bridgehead atoms. The molecule has 0 fully saturated rings. The zero-order chi connectivity index (χ0) is 74.2. The van der Waals surface area contributed by atoms with E-state index in [2.05, 4.69) is 39.7 Å². The largest absolute Gasteiger partial charge is 0.466 e. The van der Waals surface area contributed by atoms with Crippen molar-refractivity contribution >= 4 is 69.7 Å². The van der Waals surface area contributed by atoms with E-state index < -0.39 is 179 Å². The number of amides is 4. The highest BCUT2D eigenvalue weighted by molar-refractivity contribution is 7.79. The van der Waals surface area contributed by atoms with Crippen LogP contribution >= 0.6 is 0 Å². The van der Waals surface area contributed by atoms with E-state index in [4.69, 9.17) is 18.9 Å². The second-order valence-corrected chi connectivity index (χ2v) is 29.3. The molecule has 13 unspecified atom stereocenters. The molecule has 1 aromatic carbocycles. The van der Waals surface area contributed by atoms with Crippen molar-refractivity contribution < 1.29 is 104 Å². The Morgan fingerprint density at radius 2 is 0.990 bits per heavy atom. The minimum atomic E-state index is -2.03. The first-order chi connectivity index (χ1) is 46.8. The molecule has 2 heterocycles. The van der Waals surface area contributed by atoms with E-state index in [1.54, 1.807) is 48.5 Å². The summed E-state index contributed by atoms with van der Waals surface area (Å²) in [5.41, 5.74) is -4.88. The standard InChI is InChI=1S/C71H110N6O20S2/c1-12-67(7,65(88)95-16-5)42-55(61(84)94-15-4)43-70(10,63(86)73-14-3)40-54(60(83)72-13-2)41-71(11,66(89)97-49-81)45-56(62(85)96-48-80)44-69(9,64(87)75-47-79)39-53(59(82)74-46-78)36-52(51-24-18-17-19-25-51)38-68(8,57-27-32-76(33-28-57)29-22-34-98(90)91)37-50(6)58-26-20-21-30-77(58)31-23-35-99(92)93/h17-21,24-28,30,32-33,50,52-56,78-81H,12-16,22-23,29,31,34-49H2,1-11H3,(H4-2,72,73,74,75,82,83,86,87,90,91,92,93)/p+2. The highest BCUT2D eigenvalue weighted by Gasteiger charge is 2.51. The molecule has 3 rings (SSSR count). The maximum atomic E-state index is 15.0. The molecule has 0 aliphatic carbocycles. The van der Waals surface area contributed by atoms with Crippen molar-refractivity contribution in [1.82, 2.24) is 21.3 Å². The summed E-state index contributed by atoms with van der Waals surface area (Å²) >= 11 is -3.97. The Labute approximate surface area is 588 Å². The molecule has 3 aromatic rings. The molecule has 26 nitrogen and oxygen atoms in total. The Balaban J connectivity index is 2.36. The second-order valence-electron chi connectivity index (χ2n) is 27.2. The molecule has 28 heteroatoms. The number of aliphatic hydroxyl groups excluding tert-OH is 4. The van der Waals surface area contributed by atoms with Gasteiger partial charge in [0.2, 0.25) is 23.6 Å². The summed E-state index contributed by atoms with van der Waals surface area (Å²) in [6.45, 7) is 15.6. The predicted octanol–water partition coefficient (Wildman–Crippen LogP) is 5.65. The Morgan fingerprint density at radius 3 is 1.53 bits per heavy atom. The van der Waals surface area contributed by atoms with Crippen molar-refractivity contribution in [2.45, 2.75) is 190 Å². The van der Waals surface area contributed by atoms with Gasteiger partial charge in [-0.3, -0.25) is 38.4 Å². The molecule has 99 heavy (non-hydrogen) atoms. The average molecular weight is 1430 g/mol. The summed E-state index contributed by atoms with van der Waals surface area (Å²) in [5, 5.41) is 51.8. The molecule has 2 aromatic heterocycles. The van der Waals surface area contributed by atoms with Crippen LogP contribution < -0.4 is 30.4 Å². The van der Waals surface area contributed by atoms with Crippen LogP contribution in [-0.4, -0.2) is 150 Å². The third-order valence-electron chi connectivity index (χ3n) is 19.1. The van der Waals surface area contributed by atoms with Crippen molar-refractivity contribution in [2.24, 2.45) is 45.3 Å². The van der Waals surface area contributed by atoms with Crippen LogP contribution in [-0.2, 0) is 98.0 Å². The van der Waals surface area contributed by atoms with Crippen LogP contribution in [0.3, 0.4) is 0 Å². The van der Waals surface area contributed by atoms with Gasteiger partial charge in [-0.05, 0) is 135 Å². The molecule has 4 amide bonds. The average Bonchev–Trinajstić information content (AvgIpc) is 0.795. The van der Waals surface area contributed by atoms with Gasteiger partial charge in [0.15, 0.2) is 60.0 Å². The van der Waals surface area contributed by atoms with Gasteiger partial charge in [0.25, 0.3) is 0 Å². The second kappa shape index (κ2) is 42.6. The first kappa shape index (κ1) is 86.6. The first-order valence-corrected chi connectivity index (χ1v) is 36.8. The number of benzene rings is 1. The molecular formula is C71H112N6O20S2+2. The highest BCUT2D eigenvalue weighted by atomic mass is 32.2. The van der Waals surface area contributed by atoms with Gasteiger partial charge in [-0.1, -0.05) is 71.0 Å². The molecule has 0 aliphatic heterocycles. The zero-order valence-electron chi connectivity index (χ0n) is 59.8. The van der Waals surface area contributed by atoms with E-state index in [-0.39, 0.29) is 75.8 Å². The predicted molar refractivity (Wildman–Crippen MR) is 369 cm³/mol. The molecule has 13 atom stereocenters. The number of hydrogen-bond acceptors (Lipinski definition) is 18. The molecular weight excluding hydrogens is 1320 g/mol. The van der Waals surface area contributed by atoms with Crippen molar-refractivity contribution in [1.29, 1.82) is 0 Å². The van der Waals surface area contributed by atoms with Crippen molar-refractivity contribution in [3.05, 3.63) is 96.1 Å². The van der Waals surface area contributed by atoms with Crippen LogP contribution in [0.1, 0.15) is 188 Å². The normalized spacial score (nSPS) is 17.0. The number of nitrogens with zero attached hydrogens (tertiary/aromatic N) is 2. The zero-order valence-corrected chi connectivity index (χ0v) is 61.4. The lowest BCUT2D eigenvalue weighted by atomic mass is 9.64. The number of ether oxygens (including phenoxy) is 4. The van der Waals surface area contributed by atoms with Gasteiger partial charge in [-0.2, -0.15) is 0 Å². The maximum Gasteiger partial charge on any atom is 0.313 e. The summed E-state index contributed by atoms with van der Waals surface area (Å²) in [6, 6.07) is 19.2. The lowest BCUT2D eigenvalue weighted by molar-refractivity contribution is -0.705. The number of carbonyl (C=O) groups excluding carboxylic acids is 8. The van der Waals surface area contributed by atoms with Crippen LogP contribution in [0.25, 0.3) is 0 Å². The fraction of sp³-hybridized carbons (Fsp3) is 0.662. The SMILES string of the molecule is CCNC(=O)C(CC(C)(CC(CC(C)(CC)C(=O)OCC)C(=O)OCC)C(=O)NCC)CC(C)(CC(CC(C)(CC(CC(CC(C)(CC(C)c1cccc[n+]1CCCS(=O)O)c1cc[n+](CCCS(=O)O)cc1)c1ccccc1)C(=O)NCO)C(=O)NCO)C(=O)OCO)C(=O)OCO. The van der Waals surface area contributed by atoms with Gasteiger partial charge in [0.05, 0.1) is 47.4 Å². The molecule has 10 N–H and O–H groups in total. The van der Waals surface area contributed by atoms with Crippen LogP contribution in [0, 0.1) is 45.3 Å².